The number of fused-ring (bicyclic) bond motifs is 1. The summed E-state index contributed by atoms with van der Waals surface area (Å²) in [5.74, 6) is -0.926. The highest BCUT2D eigenvalue weighted by Gasteiger charge is 2.35. The molecular weight excluding hydrogens is 431 g/mol. The number of carbonyl (C=O) groups excluding carboxylic acids is 2. The van der Waals surface area contributed by atoms with Crippen molar-refractivity contribution in [3.8, 4) is 0 Å². The molecule has 1 saturated heterocycles. The highest BCUT2D eigenvalue weighted by atomic mass is 32.1. The summed E-state index contributed by atoms with van der Waals surface area (Å²) < 4.78 is 38.9. The Labute approximate surface area is 179 Å². The molecule has 7 nitrogen and oxygen atoms in total. The molecule has 3 aromatic rings. The molecule has 0 spiro atoms. The fourth-order valence-corrected chi connectivity index (χ4v) is 4.72. The van der Waals surface area contributed by atoms with Crippen molar-refractivity contribution in [3.05, 3.63) is 52.1 Å². The maximum atomic E-state index is 12.5. The van der Waals surface area contributed by atoms with Gasteiger partial charge in [0.05, 0.1) is 4.88 Å². The highest BCUT2D eigenvalue weighted by molar-refractivity contribution is 7.14. The first-order valence-electron chi connectivity index (χ1n) is 9.79. The third-order valence-electron chi connectivity index (χ3n) is 5.24. The molecule has 0 atom stereocenters. The number of alkyl halides is 3. The zero-order chi connectivity index (χ0) is 22.0. The van der Waals surface area contributed by atoms with Crippen LogP contribution in [0.3, 0.4) is 0 Å². The summed E-state index contributed by atoms with van der Waals surface area (Å²) >= 11 is 1.38. The van der Waals surface area contributed by atoms with Crippen LogP contribution in [0.25, 0.3) is 5.65 Å². The normalized spacial score (nSPS) is 15.4. The Hall–Kier alpha value is -2.95. The van der Waals surface area contributed by atoms with E-state index in [2.05, 4.69) is 15.4 Å². The highest BCUT2D eigenvalue weighted by Crippen LogP contribution is 2.33. The maximum Gasteiger partial charge on any atom is 0.397 e. The summed E-state index contributed by atoms with van der Waals surface area (Å²) in [7, 11) is 0. The van der Waals surface area contributed by atoms with E-state index in [9.17, 15) is 22.8 Å². The molecule has 0 bridgehead atoms. The monoisotopic (exact) mass is 451 g/mol. The molecule has 1 N–H and O–H groups in total. The van der Waals surface area contributed by atoms with E-state index in [0.29, 0.717) is 37.4 Å². The van der Waals surface area contributed by atoms with Gasteiger partial charge in [0.25, 0.3) is 5.91 Å². The lowest BCUT2D eigenvalue weighted by Gasteiger charge is -2.31. The molecule has 4 rings (SSSR count). The van der Waals surface area contributed by atoms with Crippen molar-refractivity contribution >= 4 is 28.8 Å². The van der Waals surface area contributed by atoms with Gasteiger partial charge in [-0.05, 0) is 42.5 Å². The third kappa shape index (κ3) is 5.22. The Morgan fingerprint density at radius 3 is 2.68 bits per heavy atom. The Kier molecular flexibility index (Phi) is 5.94. The van der Waals surface area contributed by atoms with Crippen LogP contribution in [0.2, 0.25) is 0 Å². The number of rotatable bonds is 5. The van der Waals surface area contributed by atoms with Crippen molar-refractivity contribution in [2.75, 3.05) is 13.1 Å². The molecule has 1 aliphatic heterocycles. The van der Waals surface area contributed by atoms with Gasteiger partial charge in [-0.15, -0.1) is 11.3 Å². The number of aromatic nitrogens is 3. The van der Waals surface area contributed by atoms with Crippen molar-refractivity contribution in [2.45, 2.75) is 37.9 Å². The average molecular weight is 451 g/mol. The SMILES string of the molecule is O=C(NCc1ccc2ncnn2c1)c1ccc(C2CCN(C(=O)CC(F)(F)F)CC2)s1. The number of hydrogen-bond acceptors (Lipinski definition) is 5. The van der Waals surface area contributed by atoms with Crippen LogP contribution >= 0.6 is 11.3 Å². The van der Waals surface area contributed by atoms with Gasteiger partial charge in [-0.2, -0.15) is 18.3 Å². The molecule has 2 amide bonds. The minimum atomic E-state index is -4.48. The number of nitrogens with zero attached hydrogens (tertiary/aromatic N) is 4. The van der Waals surface area contributed by atoms with Gasteiger partial charge in [-0.1, -0.05) is 6.07 Å². The van der Waals surface area contributed by atoms with Crippen LogP contribution in [0.4, 0.5) is 13.2 Å². The average Bonchev–Trinajstić information content (AvgIpc) is 3.40. The van der Waals surface area contributed by atoms with E-state index < -0.39 is 18.5 Å². The van der Waals surface area contributed by atoms with Crippen LogP contribution in [0.1, 0.15) is 45.3 Å². The van der Waals surface area contributed by atoms with Crippen molar-refractivity contribution in [1.29, 1.82) is 0 Å². The van der Waals surface area contributed by atoms with Gasteiger partial charge in [-0.3, -0.25) is 9.59 Å². The summed E-state index contributed by atoms with van der Waals surface area (Å²) in [6.45, 7) is 0.940. The quantitative estimate of drug-likeness (QED) is 0.645. The molecule has 1 fully saturated rings. The summed E-state index contributed by atoms with van der Waals surface area (Å²) in [5, 5.41) is 6.95. The van der Waals surface area contributed by atoms with Crippen molar-refractivity contribution in [1.82, 2.24) is 24.8 Å². The number of amides is 2. The molecule has 0 aromatic carbocycles. The van der Waals surface area contributed by atoms with Gasteiger partial charge in [0, 0.05) is 30.7 Å². The fourth-order valence-electron chi connectivity index (χ4n) is 3.62. The number of carbonyl (C=O) groups is 2. The second-order valence-corrected chi connectivity index (χ2v) is 8.55. The van der Waals surface area contributed by atoms with Gasteiger partial charge in [0.1, 0.15) is 12.7 Å². The van der Waals surface area contributed by atoms with Crippen LogP contribution in [0.5, 0.6) is 0 Å². The number of hydrogen-bond donors (Lipinski definition) is 1. The van der Waals surface area contributed by atoms with Gasteiger partial charge >= 0.3 is 6.18 Å². The Balaban J connectivity index is 1.29. The largest absolute Gasteiger partial charge is 0.397 e. The standard InChI is InChI=1S/C20H20F3N5O2S/c21-20(22,23)9-18(29)27-7-5-14(6-8-27)15-2-3-16(31-15)19(30)24-10-13-1-4-17-25-12-26-28(17)11-13/h1-4,11-12,14H,5-10H2,(H,24,30). The van der Waals surface area contributed by atoms with Crippen LogP contribution in [0.15, 0.2) is 36.8 Å². The Morgan fingerprint density at radius 1 is 1.16 bits per heavy atom. The summed E-state index contributed by atoms with van der Waals surface area (Å²) in [5.41, 5.74) is 1.61. The molecule has 0 saturated carbocycles. The van der Waals surface area contributed by atoms with E-state index in [-0.39, 0.29) is 11.8 Å². The van der Waals surface area contributed by atoms with Crippen LogP contribution < -0.4 is 5.32 Å². The number of halogens is 3. The number of piperidine rings is 1. The van der Waals surface area contributed by atoms with Gasteiger partial charge in [0.2, 0.25) is 5.91 Å². The first-order chi connectivity index (χ1) is 14.8. The van der Waals surface area contributed by atoms with Gasteiger partial charge < -0.3 is 10.2 Å². The van der Waals surface area contributed by atoms with Crippen LogP contribution in [-0.4, -0.2) is 50.6 Å². The lowest BCUT2D eigenvalue weighted by molar-refractivity contribution is -0.162. The second-order valence-electron chi connectivity index (χ2n) is 7.43. The third-order valence-corrected chi connectivity index (χ3v) is 6.49. The first kappa shape index (κ1) is 21.3. The summed E-state index contributed by atoms with van der Waals surface area (Å²) in [6, 6.07) is 7.34. The van der Waals surface area contributed by atoms with E-state index >= 15 is 0 Å². The predicted molar refractivity (Wildman–Crippen MR) is 108 cm³/mol. The van der Waals surface area contributed by atoms with Crippen molar-refractivity contribution in [3.63, 3.8) is 0 Å². The predicted octanol–water partition coefficient (Wildman–Crippen LogP) is 3.38. The zero-order valence-corrected chi connectivity index (χ0v) is 17.2. The zero-order valence-electron chi connectivity index (χ0n) is 16.4. The Morgan fingerprint density at radius 2 is 1.94 bits per heavy atom. The molecule has 3 aromatic heterocycles. The number of pyridine rings is 1. The summed E-state index contributed by atoms with van der Waals surface area (Å²) in [6.07, 6.45) is -1.46. The van der Waals surface area contributed by atoms with E-state index in [4.69, 9.17) is 0 Å². The molecule has 0 aliphatic carbocycles. The molecule has 1 aliphatic rings. The minimum absolute atomic E-state index is 0.135. The summed E-state index contributed by atoms with van der Waals surface area (Å²) in [4.78, 5) is 31.2. The number of nitrogens with one attached hydrogen (secondary N) is 1. The molecule has 0 unspecified atom stereocenters. The van der Waals surface area contributed by atoms with E-state index in [0.717, 1.165) is 16.1 Å². The van der Waals surface area contributed by atoms with E-state index in [1.165, 1.54) is 22.6 Å². The number of likely N-dealkylation sites (tertiary alicyclic amines) is 1. The smallest absolute Gasteiger partial charge is 0.347 e. The molecule has 31 heavy (non-hydrogen) atoms. The minimum Gasteiger partial charge on any atom is -0.347 e. The molecule has 0 radical (unpaired) electrons. The van der Waals surface area contributed by atoms with E-state index in [1.807, 2.05) is 18.2 Å². The van der Waals surface area contributed by atoms with Crippen molar-refractivity contribution < 1.29 is 22.8 Å². The number of thiophene rings is 1. The van der Waals surface area contributed by atoms with Gasteiger partial charge in [0.15, 0.2) is 5.65 Å². The molecule has 11 heteroatoms. The van der Waals surface area contributed by atoms with E-state index in [1.54, 1.807) is 16.8 Å². The fraction of sp³-hybridized carbons (Fsp3) is 0.400. The lowest BCUT2D eigenvalue weighted by Crippen LogP contribution is -2.39. The molecular formula is C20H20F3N5O2S. The van der Waals surface area contributed by atoms with Gasteiger partial charge in [-0.25, -0.2) is 9.50 Å². The van der Waals surface area contributed by atoms with Crippen LogP contribution in [0, 0.1) is 0 Å². The second kappa shape index (κ2) is 8.66. The molecule has 4 heterocycles. The molecule has 164 valence electrons. The Bertz CT molecular complexity index is 1090. The first-order valence-corrected chi connectivity index (χ1v) is 10.6. The van der Waals surface area contributed by atoms with Crippen LogP contribution in [-0.2, 0) is 11.3 Å². The maximum absolute atomic E-state index is 12.5. The lowest BCUT2D eigenvalue weighted by atomic mass is 9.95. The van der Waals surface area contributed by atoms with Crippen molar-refractivity contribution in [2.24, 2.45) is 0 Å². The topological polar surface area (TPSA) is 79.6 Å².